The van der Waals surface area contributed by atoms with Gasteiger partial charge >= 0.3 is 0 Å². The first kappa shape index (κ1) is 9.24. The Morgan fingerprint density at radius 1 is 1.62 bits per heavy atom. The van der Waals surface area contributed by atoms with Crippen molar-refractivity contribution in [3.05, 3.63) is 21.9 Å². The van der Waals surface area contributed by atoms with Crippen LogP contribution >= 0.6 is 27.5 Å². The van der Waals surface area contributed by atoms with Crippen LogP contribution < -0.4 is 10.6 Å². The molecule has 2 N–H and O–H groups in total. The number of hydrogen-bond acceptors (Lipinski definition) is 3. The van der Waals surface area contributed by atoms with E-state index >= 15 is 0 Å². The molecule has 0 atom stereocenters. The van der Waals surface area contributed by atoms with Crippen molar-refractivity contribution in [3.8, 4) is 0 Å². The lowest BCUT2D eigenvalue weighted by molar-refractivity contribution is 0.472. The van der Waals surface area contributed by atoms with Crippen LogP contribution in [-0.4, -0.2) is 24.1 Å². The number of nitrogens with zero attached hydrogens (tertiary/aromatic N) is 1. The molecule has 2 rings (SSSR count). The molecule has 0 amide bonds. The lowest BCUT2D eigenvalue weighted by atomic mass is 10.2. The highest BCUT2D eigenvalue weighted by atomic mass is 79.9. The number of pyridine rings is 1. The van der Waals surface area contributed by atoms with Crippen molar-refractivity contribution in [1.29, 1.82) is 0 Å². The number of aromatic nitrogens is 1. The summed E-state index contributed by atoms with van der Waals surface area (Å²) >= 11 is 9.09. The summed E-state index contributed by atoms with van der Waals surface area (Å²) in [6.45, 7) is 2.03. The predicted molar refractivity (Wildman–Crippen MR) is 57.2 cm³/mol. The maximum absolute atomic E-state index is 5.77. The molecule has 0 radical (unpaired) electrons. The molecule has 5 heteroatoms. The second-order valence-corrected chi connectivity index (χ2v) is 4.21. The van der Waals surface area contributed by atoms with E-state index in [1.165, 1.54) is 0 Å². The van der Waals surface area contributed by atoms with Crippen LogP contribution in [-0.2, 0) is 0 Å². The summed E-state index contributed by atoms with van der Waals surface area (Å²) < 4.78 is 0.825. The van der Waals surface area contributed by atoms with Gasteiger partial charge in [-0.05, 0) is 22.0 Å². The normalized spacial score (nSPS) is 16.8. The molecule has 1 fully saturated rings. The molecule has 0 aromatic carbocycles. The molecule has 1 aliphatic rings. The SMILES string of the molecule is Clc1ncc(NC2CNC2)cc1Br. The van der Waals surface area contributed by atoms with Gasteiger partial charge in [0.05, 0.1) is 22.4 Å². The van der Waals surface area contributed by atoms with Gasteiger partial charge in [0, 0.05) is 13.1 Å². The first-order valence-electron chi connectivity index (χ1n) is 4.04. The Hall–Kier alpha value is -0.320. The van der Waals surface area contributed by atoms with Gasteiger partial charge in [0.2, 0.25) is 0 Å². The van der Waals surface area contributed by atoms with Gasteiger partial charge in [-0.15, -0.1) is 0 Å². The topological polar surface area (TPSA) is 37.0 Å². The Morgan fingerprint density at radius 3 is 2.92 bits per heavy atom. The van der Waals surface area contributed by atoms with Crippen LogP contribution in [0.2, 0.25) is 5.15 Å². The highest BCUT2D eigenvalue weighted by molar-refractivity contribution is 9.10. The Morgan fingerprint density at radius 2 is 2.38 bits per heavy atom. The molecule has 0 unspecified atom stereocenters. The standard InChI is InChI=1S/C8H9BrClN3/c9-7-1-5(4-12-8(7)10)13-6-2-11-3-6/h1,4,6,11,13H,2-3H2. The van der Waals surface area contributed by atoms with Crippen LogP contribution in [0.1, 0.15) is 0 Å². The number of anilines is 1. The van der Waals surface area contributed by atoms with E-state index in [0.29, 0.717) is 11.2 Å². The van der Waals surface area contributed by atoms with Crippen molar-refractivity contribution in [3.63, 3.8) is 0 Å². The molecule has 1 aromatic rings. The monoisotopic (exact) mass is 261 g/mol. The van der Waals surface area contributed by atoms with Crippen LogP contribution in [0.4, 0.5) is 5.69 Å². The largest absolute Gasteiger partial charge is 0.378 e. The van der Waals surface area contributed by atoms with Crippen LogP contribution in [0.3, 0.4) is 0 Å². The van der Waals surface area contributed by atoms with Crippen molar-refractivity contribution in [2.24, 2.45) is 0 Å². The van der Waals surface area contributed by atoms with E-state index in [-0.39, 0.29) is 0 Å². The van der Waals surface area contributed by atoms with Crippen molar-refractivity contribution < 1.29 is 0 Å². The second-order valence-electron chi connectivity index (χ2n) is 3.00. The molecule has 0 spiro atoms. The Balaban J connectivity index is 2.07. The van der Waals surface area contributed by atoms with Gasteiger partial charge in [-0.2, -0.15) is 0 Å². The third-order valence-electron chi connectivity index (χ3n) is 1.95. The molecule has 70 valence electrons. The summed E-state index contributed by atoms with van der Waals surface area (Å²) in [7, 11) is 0. The summed E-state index contributed by atoms with van der Waals surface area (Å²) in [5, 5.41) is 7.02. The third kappa shape index (κ3) is 2.13. The zero-order chi connectivity index (χ0) is 9.26. The predicted octanol–water partition coefficient (Wildman–Crippen LogP) is 1.88. The average Bonchev–Trinajstić information content (AvgIpc) is 2.04. The lowest BCUT2D eigenvalue weighted by Crippen LogP contribution is -2.51. The quantitative estimate of drug-likeness (QED) is 0.799. The first-order chi connectivity index (χ1) is 6.25. The van der Waals surface area contributed by atoms with Gasteiger partial charge in [-0.1, -0.05) is 11.6 Å². The zero-order valence-corrected chi connectivity index (χ0v) is 9.19. The minimum atomic E-state index is 0.497. The Kier molecular flexibility index (Phi) is 2.71. The maximum atomic E-state index is 5.77. The van der Waals surface area contributed by atoms with Crippen molar-refractivity contribution >= 4 is 33.2 Å². The maximum Gasteiger partial charge on any atom is 0.143 e. The van der Waals surface area contributed by atoms with Gasteiger partial charge in [-0.3, -0.25) is 0 Å². The van der Waals surface area contributed by atoms with Crippen LogP contribution in [0, 0.1) is 0 Å². The molecule has 0 bridgehead atoms. The van der Waals surface area contributed by atoms with Crippen LogP contribution in [0.5, 0.6) is 0 Å². The molecule has 3 nitrogen and oxygen atoms in total. The summed E-state index contributed by atoms with van der Waals surface area (Å²) in [5.74, 6) is 0. The number of nitrogens with one attached hydrogen (secondary N) is 2. The highest BCUT2D eigenvalue weighted by Gasteiger charge is 2.16. The number of hydrogen-bond donors (Lipinski definition) is 2. The fourth-order valence-corrected chi connectivity index (χ4v) is 1.58. The van der Waals surface area contributed by atoms with Crippen molar-refractivity contribution in [1.82, 2.24) is 10.3 Å². The number of rotatable bonds is 2. The van der Waals surface area contributed by atoms with E-state index in [4.69, 9.17) is 11.6 Å². The van der Waals surface area contributed by atoms with Crippen molar-refractivity contribution in [2.75, 3.05) is 18.4 Å². The van der Waals surface area contributed by atoms with E-state index in [0.717, 1.165) is 23.2 Å². The van der Waals surface area contributed by atoms with Gasteiger partial charge in [0.25, 0.3) is 0 Å². The molecule has 0 saturated carbocycles. The second kappa shape index (κ2) is 3.82. The van der Waals surface area contributed by atoms with E-state index in [9.17, 15) is 0 Å². The van der Waals surface area contributed by atoms with Crippen LogP contribution in [0.25, 0.3) is 0 Å². The smallest absolute Gasteiger partial charge is 0.143 e. The molecule has 1 aromatic heterocycles. The van der Waals surface area contributed by atoms with Gasteiger partial charge in [-0.25, -0.2) is 4.98 Å². The Bertz CT molecular complexity index is 314. The summed E-state index contributed by atoms with van der Waals surface area (Å²) in [6, 6.07) is 2.46. The third-order valence-corrected chi connectivity index (χ3v) is 3.08. The van der Waals surface area contributed by atoms with Gasteiger partial charge in [0.1, 0.15) is 5.15 Å². The van der Waals surface area contributed by atoms with E-state index in [1.807, 2.05) is 6.07 Å². The van der Waals surface area contributed by atoms with E-state index in [1.54, 1.807) is 6.20 Å². The molecule has 0 aliphatic carbocycles. The molecule has 1 saturated heterocycles. The summed E-state index contributed by atoms with van der Waals surface area (Å²) in [4.78, 5) is 4.03. The summed E-state index contributed by atoms with van der Waals surface area (Å²) in [5.41, 5.74) is 1.00. The lowest BCUT2D eigenvalue weighted by Gasteiger charge is -2.28. The molecular weight excluding hydrogens is 253 g/mol. The van der Waals surface area contributed by atoms with Crippen molar-refractivity contribution in [2.45, 2.75) is 6.04 Å². The van der Waals surface area contributed by atoms with Gasteiger partial charge < -0.3 is 10.6 Å². The first-order valence-corrected chi connectivity index (χ1v) is 5.21. The minimum absolute atomic E-state index is 0.497. The minimum Gasteiger partial charge on any atom is -0.378 e. The molecule has 13 heavy (non-hydrogen) atoms. The molecule has 1 aliphatic heterocycles. The fraction of sp³-hybridized carbons (Fsp3) is 0.375. The summed E-state index contributed by atoms with van der Waals surface area (Å²) in [6.07, 6.45) is 1.74. The fourth-order valence-electron chi connectivity index (χ4n) is 1.13. The van der Waals surface area contributed by atoms with Gasteiger partial charge in [0.15, 0.2) is 0 Å². The molecule has 2 heterocycles. The zero-order valence-electron chi connectivity index (χ0n) is 6.85. The van der Waals surface area contributed by atoms with E-state index in [2.05, 4.69) is 31.5 Å². The Labute approximate surface area is 90.0 Å². The average molecular weight is 263 g/mol. The molecular formula is C8H9BrClN3. The highest BCUT2D eigenvalue weighted by Crippen LogP contribution is 2.23. The van der Waals surface area contributed by atoms with E-state index < -0.39 is 0 Å². The number of halogens is 2. The van der Waals surface area contributed by atoms with Crippen LogP contribution in [0.15, 0.2) is 16.7 Å².